The van der Waals surface area contributed by atoms with Crippen molar-refractivity contribution in [2.75, 3.05) is 13.7 Å². The van der Waals surface area contributed by atoms with Crippen LogP contribution in [-0.4, -0.2) is 39.1 Å². The first-order valence-corrected chi connectivity index (χ1v) is 11.4. The molecule has 0 fully saturated rings. The molecule has 1 amide bonds. The number of hydrogen-bond donors (Lipinski definition) is 1. The fraction of sp³-hybridized carbons (Fsp3) is 0.308. The Morgan fingerprint density at radius 1 is 1.06 bits per heavy atom. The summed E-state index contributed by atoms with van der Waals surface area (Å²) in [4.78, 5) is 26.5. The maximum Gasteiger partial charge on any atom is 0.278 e. The van der Waals surface area contributed by atoms with E-state index in [9.17, 15) is 9.59 Å². The Morgan fingerprint density at radius 3 is 2.47 bits per heavy atom. The summed E-state index contributed by atoms with van der Waals surface area (Å²) in [6, 6.07) is 16.6. The summed E-state index contributed by atoms with van der Waals surface area (Å²) in [6.45, 7) is 5.98. The smallest absolute Gasteiger partial charge is 0.278 e. The van der Waals surface area contributed by atoms with Crippen LogP contribution < -0.4 is 15.6 Å². The van der Waals surface area contributed by atoms with Crippen molar-refractivity contribution >= 4 is 16.8 Å². The van der Waals surface area contributed by atoms with Crippen LogP contribution in [0.1, 0.15) is 36.3 Å². The van der Waals surface area contributed by atoms with Crippen LogP contribution >= 0.6 is 0 Å². The van der Waals surface area contributed by atoms with E-state index in [1.165, 1.54) is 4.68 Å². The molecule has 0 spiro atoms. The number of para-hydroxylation sites is 2. The van der Waals surface area contributed by atoms with E-state index >= 15 is 0 Å². The van der Waals surface area contributed by atoms with Gasteiger partial charge in [-0.15, -0.1) is 0 Å². The largest absolute Gasteiger partial charge is 0.496 e. The molecule has 8 heteroatoms. The van der Waals surface area contributed by atoms with E-state index in [-0.39, 0.29) is 11.5 Å². The standard InChI is InChI=1S/C26H29N5O3/c1-5-21(25(32)27-16-15-19-11-9-10-14-22(19)34-4)31-26(33)23-18(3)30(20-12-7-6-8-13-20)29-24(23)17(2)28-31/h6-14,21H,5,15-16H2,1-4H3,(H,27,32)/t21-/m0/s1. The van der Waals surface area contributed by atoms with Gasteiger partial charge >= 0.3 is 0 Å². The lowest BCUT2D eigenvalue weighted by Crippen LogP contribution is -2.39. The molecule has 2 heterocycles. The van der Waals surface area contributed by atoms with Crippen LogP contribution in [0.25, 0.3) is 16.6 Å². The Kier molecular flexibility index (Phi) is 6.77. The van der Waals surface area contributed by atoms with Crippen LogP contribution in [0, 0.1) is 13.8 Å². The highest BCUT2D eigenvalue weighted by Gasteiger charge is 2.25. The van der Waals surface area contributed by atoms with E-state index in [0.29, 0.717) is 36.0 Å². The molecule has 2 aromatic heterocycles. The number of benzene rings is 2. The molecule has 0 aliphatic heterocycles. The summed E-state index contributed by atoms with van der Waals surface area (Å²) in [5, 5.41) is 12.6. The number of hydrogen-bond acceptors (Lipinski definition) is 5. The maximum atomic E-state index is 13.5. The number of amides is 1. The molecule has 2 aromatic carbocycles. The topological polar surface area (TPSA) is 91.0 Å². The highest BCUT2D eigenvalue weighted by atomic mass is 16.5. The highest BCUT2D eigenvalue weighted by Crippen LogP contribution is 2.21. The van der Waals surface area contributed by atoms with Crippen LogP contribution in [0.5, 0.6) is 5.75 Å². The molecule has 0 radical (unpaired) electrons. The maximum absolute atomic E-state index is 13.5. The van der Waals surface area contributed by atoms with Gasteiger partial charge in [0, 0.05) is 6.54 Å². The molecule has 1 N–H and O–H groups in total. The van der Waals surface area contributed by atoms with Crippen LogP contribution in [-0.2, 0) is 11.2 Å². The highest BCUT2D eigenvalue weighted by molar-refractivity contribution is 5.84. The molecule has 4 rings (SSSR count). The fourth-order valence-electron chi connectivity index (χ4n) is 4.23. The summed E-state index contributed by atoms with van der Waals surface area (Å²) >= 11 is 0. The Morgan fingerprint density at radius 2 is 1.76 bits per heavy atom. The minimum Gasteiger partial charge on any atom is -0.496 e. The first-order chi connectivity index (χ1) is 16.5. The number of carbonyl (C=O) groups excluding carboxylic acids is 1. The summed E-state index contributed by atoms with van der Waals surface area (Å²) in [5.41, 5.74) is 3.43. The van der Waals surface area contributed by atoms with Gasteiger partial charge in [-0.05, 0) is 50.5 Å². The molecule has 34 heavy (non-hydrogen) atoms. The number of nitrogens with zero attached hydrogens (tertiary/aromatic N) is 4. The average Bonchev–Trinajstić information content (AvgIpc) is 3.21. The summed E-state index contributed by atoms with van der Waals surface area (Å²) in [5.74, 6) is 0.549. The van der Waals surface area contributed by atoms with E-state index < -0.39 is 6.04 Å². The van der Waals surface area contributed by atoms with Crippen LogP contribution in [0.4, 0.5) is 0 Å². The minimum absolute atomic E-state index is 0.237. The number of ether oxygens (including phenoxy) is 1. The van der Waals surface area contributed by atoms with Gasteiger partial charge in [-0.1, -0.05) is 43.3 Å². The van der Waals surface area contributed by atoms with Crippen molar-refractivity contribution in [2.24, 2.45) is 0 Å². The Labute approximate surface area is 198 Å². The molecule has 4 aromatic rings. The monoisotopic (exact) mass is 459 g/mol. The van der Waals surface area contributed by atoms with Crippen molar-refractivity contribution < 1.29 is 9.53 Å². The van der Waals surface area contributed by atoms with Gasteiger partial charge in [-0.2, -0.15) is 10.2 Å². The van der Waals surface area contributed by atoms with Gasteiger partial charge in [0.15, 0.2) is 0 Å². The first kappa shape index (κ1) is 23.2. The number of carbonyl (C=O) groups is 1. The molecule has 1 atom stereocenters. The lowest BCUT2D eigenvalue weighted by atomic mass is 10.1. The quantitative estimate of drug-likeness (QED) is 0.435. The van der Waals surface area contributed by atoms with E-state index in [4.69, 9.17) is 4.74 Å². The summed E-state index contributed by atoms with van der Waals surface area (Å²) in [7, 11) is 1.63. The number of aromatic nitrogens is 4. The molecule has 176 valence electrons. The van der Waals surface area contributed by atoms with Crippen molar-refractivity contribution in [3.8, 4) is 11.4 Å². The third-order valence-electron chi connectivity index (χ3n) is 6.01. The predicted octanol–water partition coefficient (Wildman–Crippen LogP) is 3.52. The molecule has 0 unspecified atom stereocenters. The van der Waals surface area contributed by atoms with Crippen molar-refractivity contribution in [1.29, 1.82) is 0 Å². The summed E-state index contributed by atoms with van der Waals surface area (Å²) in [6.07, 6.45) is 1.06. The zero-order valence-electron chi connectivity index (χ0n) is 19.9. The fourth-order valence-corrected chi connectivity index (χ4v) is 4.23. The van der Waals surface area contributed by atoms with Gasteiger partial charge in [0.1, 0.15) is 17.3 Å². The Bertz CT molecular complexity index is 1370. The van der Waals surface area contributed by atoms with E-state index in [2.05, 4.69) is 15.5 Å². The van der Waals surface area contributed by atoms with Crippen molar-refractivity contribution in [3.63, 3.8) is 0 Å². The predicted molar refractivity (Wildman–Crippen MR) is 132 cm³/mol. The normalized spacial score (nSPS) is 12.0. The van der Waals surface area contributed by atoms with Crippen molar-refractivity contribution in [1.82, 2.24) is 24.9 Å². The van der Waals surface area contributed by atoms with Gasteiger partial charge in [0.2, 0.25) is 5.91 Å². The SMILES string of the molecule is CC[C@@H](C(=O)NCCc1ccccc1OC)n1nc(C)c2nn(-c3ccccc3)c(C)c2c1=O. The van der Waals surface area contributed by atoms with Gasteiger partial charge < -0.3 is 10.1 Å². The molecule has 0 aliphatic carbocycles. The number of aryl methyl sites for hydroxylation is 2. The lowest BCUT2D eigenvalue weighted by molar-refractivity contribution is -0.124. The molecule has 0 saturated carbocycles. The summed E-state index contributed by atoms with van der Waals surface area (Å²) < 4.78 is 8.43. The second kappa shape index (κ2) is 9.91. The van der Waals surface area contributed by atoms with E-state index in [1.54, 1.807) is 11.8 Å². The van der Waals surface area contributed by atoms with Gasteiger partial charge in [-0.25, -0.2) is 9.36 Å². The third-order valence-corrected chi connectivity index (χ3v) is 6.01. The minimum atomic E-state index is -0.715. The Balaban J connectivity index is 1.62. The molecular weight excluding hydrogens is 430 g/mol. The van der Waals surface area contributed by atoms with Crippen LogP contribution in [0.3, 0.4) is 0 Å². The molecule has 8 nitrogen and oxygen atoms in total. The van der Waals surface area contributed by atoms with Crippen LogP contribution in [0.15, 0.2) is 59.4 Å². The zero-order valence-corrected chi connectivity index (χ0v) is 19.9. The number of fused-ring (bicyclic) bond motifs is 1. The molecular formula is C26H29N5O3. The number of nitrogens with one attached hydrogen (secondary N) is 1. The van der Waals surface area contributed by atoms with Gasteiger partial charge in [0.25, 0.3) is 5.56 Å². The second-order valence-electron chi connectivity index (χ2n) is 8.17. The van der Waals surface area contributed by atoms with E-state index in [1.807, 2.05) is 75.4 Å². The number of methoxy groups -OCH3 is 1. The Hall–Kier alpha value is -3.94. The van der Waals surface area contributed by atoms with Gasteiger partial charge in [-0.3, -0.25) is 9.59 Å². The van der Waals surface area contributed by atoms with Gasteiger partial charge in [0.05, 0.1) is 29.6 Å². The molecule has 0 saturated heterocycles. The van der Waals surface area contributed by atoms with E-state index in [0.717, 1.165) is 22.7 Å². The second-order valence-corrected chi connectivity index (χ2v) is 8.17. The zero-order chi connectivity index (χ0) is 24.2. The molecule has 0 aliphatic rings. The molecule has 0 bridgehead atoms. The lowest BCUT2D eigenvalue weighted by Gasteiger charge is -2.18. The van der Waals surface area contributed by atoms with Crippen molar-refractivity contribution in [2.45, 2.75) is 39.7 Å². The number of rotatable bonds is 8. The van der Waals surface area contributed by atoms with Crippen molar-refractivity contribution in [3.05, 3.63) is 81.9 Å². The third kappa shape index (κ3) is 4.31. The average molecular weight is 460 g/mol. The van der Waals surface area contributed by atoms with Crippen LogP contribution in [0.2, 0.25) is 0 Å². The first-order valence-electron chi connectivity index (χ1n) is 11.4.